The lowest BCUT2D eigenvalue weighted by Crippen LogP contribution is -2.21. The van der Waals surface area contributed by atoms with Gasteiger partial charge in [0.05, 0.1) is 52.2 Å². The van der Waals surface area contributed by atoms with Gasteiger partial charge in [0.1, 0.15) is 0 Å². The zero-order valence-corrected chi connectivity index (χ0v) is 24.2. The van der Waals surface area contributed by atoms with Crippen molar-refractivity contribution in [1.29, 1.82) is 0 Å². The van der Waals surface area contributed by atoms with Crippen molar-refractivity contribution in [3.63, 3.8) is 0 Å². The number of esters is 1. The van der Waals surface area contributed by atoms with Crippen molar-refractivity contribution in [2.24, 2.45) is 5.92 Å². The van der Waals surface area contributed by atoms with Gasteiger partial charge in [0.15, 0.2) is 0 Å². The van der Waals surface area contributed by atoms with Gasteiger partial charge in [-0.25, -0.2) is 0 Å². The summed E-state index contributed by atoms with van der Waals surface area (Å²) in [5, 5.41) is 0. The highest BCUT2D eigenvalue weighted by Gasteiger charge is 2.19. The number of carbonyl (C=O) groups excluding carboxylic acids is 1. The average Bonchev–Trinajstić information content (AvgIpc) is 2.89. The third-order valence-corrected chi connectivity index (χ3v) is 6.35. The van der Waals surface area contributed by atoms with E-state index >= 15 is 0 Å². The van der Waals surface area contributed by atoms with Crippen molar-refractivity contribution in [2.45, 2.75) is 124 Å². The molecule has 0 saturated carbocycles. The van der Waals surface area contributed by atoms with E-state index in [-0.39, 0.29) is 11.9 Å². The van der Waals surface area contributed by atoms with Gasteiger partial charge in [0.25, 0.3) is 0 Å². The summed E-state index contributed by atoms with van der Waals surface area (Å²) in [7, 11) is 0. The van der Waals surface area contributed by atoms with Crippen LogP contribution in [-0.4, -0.2) is 65.4 Å². The summed E-state index contributed by atoms with van der Waals surface area (Å²) in [5.41, 5.74) is 0. The third kappa shape index (κ3) is 26.4. The number of hydrogen-bond acceptors (Lipinski definition) is 6. The van der Waals surface area contributed by atoms with Crippen molar-refractivity contribution in [1.82, 2.24) is 0 Å². The maximum absolute atomic E-state index is 12.7. The maximum Gasteiger partial charge on any atom is 0.309 e. The fraction of sp³-hybridized carbons (Fsp3) is 0.967. The van der Waals surface area contributed by atoms with Gasteiger partial charge in [-0.3, -0.25) is 4.79 Å². The van der Waals surface area contributed by atoms with Crippen LogP contribution in [0.15, 0.2) is 0 Å². The Kier molecular flexibility index (Phi) is 29.9. The van der Waals surface area contributed by atoms with Crippen LogP contribution in [0.2, 0.25) is 0 Å². The van der Waals surface area contributed by atoms with Gasteiger partial charge in [-0.2, -0.15) is 0 Å². The molecular formula is C30H60O6. The standard InChI is InChI=1S/C30H60O6/c1-4-7-10-12-13-14-15-17-21-36-30(31)29(18-16-11-8-5-2)19-22-33-24-26-35-28-27-34-25-23-32-20-9-6-3/h29H,4-28H2,1-3H3. The second kappa shape index (κ2) is 30.5. The Hall–Kier alpha value is -0.690. The Morgan fingerprint density at radius 3 is 1.44 bits per heavy atom. The first-order valence-corrected chi connectivity index (χ1v) is 15.2. The Labute approximate surface area is 223 Å². The summed E-state index contributed by atoms with van der Waals surface area (Å²) < 4.78 is 27.9. The summed E-state index contributed by atoms with van der Waals surface area (Å²) >= 11 is 0. The molecule has 0 rings (SSSR count). The van der Waals surface area contributed by atoms with Gasteiger partial charge >= 0.3 is 5.97 Å². The molecule has 0 amide bonds. The highest BCUT2D eigenvalue weighted by Crippen LogP contribution is 2.17. The molecule has 0 aliphatic rings. The van der Waals surface area contributed by atoms with Crippen LogP contribution in [0.3, 0.4) is 0 Å². The van der Waals surface area contributed by atoms with Crippen molar-refractivity contribution < 1.29 is 28.5 Å². The number of carbonyl (C=O) groups is 1. The minimum Gasteiger partial charge on any atom is -0.465 e. The molecular weight excluding hydrogens is 456 g/mol. The molecule has 1 unspecified atom stereocenters. The molecule has 0 aromatic carbocycles. The molecule has 0 spiro atoms. The van der Waals surface area contributed by atoms with E-state index in [4.69, 9.17) is 23.7 Å². The first kappa shape index (κ1) is 35.3. The second-order valence-electron chi connectivity index (χ2n) is 9.78. The number of rotatable bonds is 30. The molecule has 0 aliphatic heterocycles. The van der Waals surface area contributed by atoms with E-state index in [2.05, 4.69) is 20.8 Å². The van der Waals surface area contributed by atoms with Crippen LogP contribution in [0.4, 0.5) is 0 Å². The molecule has 6 nitrogen and oxygen atoms in total. The molecule has 0 bridgehead atoms. The van der Waals surface area contributed by atoms with Crippen LogP contribution in [-0.2, 0) is 28.5 Å². The Balaban J connectivity index is 3.81. The van der Waals surface area contributed by atoms with Crippen molar-refractivity contribution in [3.8, 4) is 0 Å². The highest BCUT2D eigenvalue weighted by molar-refractivity contribution is 5.72. The van der Waals surface area contributed by atoms with Crippen LogP contribution in [0.1, 0.15) is 124 Å². The van der Waals surface area contributed by atoms with Crippen LogP contribution in [0.25, 0.3) is 0 Å². The van der Waals surface area contributed by atoms with Gasteiger partial charge in [-0.1, -0.05) is 97.8 Å². The van der Waals surface area contributed by atoms with E-state index in [0.717, 1.165) is 51.6 Å². The predicted molar refractivity (Wildman–Crippen MR) is 149 cm³/mol. The minimum absolute atomic E-state index is 0.0369. The Morgan fingerprint density at radius 2 is 0.889 bits per heavy atom. The summed E-state index contributed by atoms with van der Waals surface area (Å²) in [6.07, 6.45) is 18.6. The van der Waals surface area contributed by atoms with Crippen LogP contribution in [0.5, 0.6) is 0 Å². The molecule has 36 heavy (non-hydrogen) atoms. The molecule has 0 fully saturated rings. The molecule has 0 aromatic heterocycles. The summed E-state index contributed by atoms with van der Waals surface area (Å²) in [4.78, 5) is 12.7. The smallest absolute Gasteiger partial charge is 0.309 e. The molecule has 0 heterocycles. The Bertz CT molecular complexity index is 432. The maximum atomic E-state index is 12.7. The average molecular weight is 517 g/mol. The molecule has 0 saturated heterocycles. The summed E-state index contributed by atoms with van der Waals surface area (Å²) in [5.74, 6) is -0.0881. The molecule has 6 heteroatoms. The molecule has 216 valence electrons. The van der Waals surface area contributed by atoms with E-state index in [0.29, 0.717) is 52.9 Å². The largest absolute Gasteiger partial charge is 0.465 e. The quantitative estimate of drug-likeness (QED) is 0.0727. The van der Waals surface area contributed by atoms with Crippen molar-refractivity contribution >= 4 is 5.97 Å². The normalized spacial score (nSPS) is 12.2. The van der Waals surface area contributed by atoms with Gasteiger partial charge in [0, 0.05) is 13.2 Å². The predicted octanol–water partition coefficient (Wildman–Crippen LogP) is 7.51. The highest BCUT2D eigenvalue weighted by atomic mass is 16.6. The van der Waals surface area contributed by atoms with Gasteiger partial charge in [-0.15, -0.1) is 0 Å². The molecule has 0 N–H and O–H groups in total. The van der Waals surface area contributed by atoms with Crippen LogP contribution in [0, 0.1) is 5.92 Å². The van der Waals surface area contributed by atoms with Gasteiger partial charge in [0.2, 0.25) is 0 Å². The zero-order valence-electron chi connectivity index (χ0n) is 24.2. The fourth-order valence-corrected chi connectivity index (χ4v) is 3.96. The topological polar surface area (TPSA) is 63.2 Å². The number of ether oxygens (including phenoxy) is 5. The van der Waals surface area contributed by atoms with Gasteiger partial charge in [-0.05, 0) is 25.7 Å². The molecule has 0 radical (unpaired) electrons. The van der Waals surface area contributed by atoms with E-state index < -0.39 is 0 Å². The van der Waals surface area contributed by atoms with Gasteiger partial charge < -0.3 is 23.7 Å². The fourth-order valence-electron chi connectivity index (χ4n) is 3.96. The second-order valence-corrected chi connectivity index (χ2v) is 9.78. The monoisotopic (exact) mass is 516 g/mol. The van der Waals surface area contributed by atoms with Crippen molar-refractivity contribution in [2.75, 3.05) is 59.5 Å². The van der Waals surface area contributed by atoms with E-state index in [9.17, 15) is 4.79 Å². The lowest BCUT2D eigenvalue weighted by Gasteiger charge is -2.16. The number of unbranched alkanes of at least 4 members (excludes halogenated alkanes) is 11. The zero-order chi connectivity index (χ0) is 26.4. The van der Waals surface area contributed by atoms with Crippen LogP contribution < -0.4 is 0 Å². The van der Waals surface area contributed by atoms with E-state index in [1.165, 1.54) is 57.8 Å². The first-order valence-electron chi connectivity index (χ1n) is 15.2. The molecule has 0 aliphatic carbocycles. The third-order valence-electron chi connectivity index (χ3n) is 6.35. The van der Waals surface area contributed by atoms with E-state index in [1.807, 2.05) is 0 Å². The van der Waals surface area contributed by atoms with Crippen LogP contribution >= 0.6 is 0 Å². The first-order chi connectivity index (χ1) is 17.8. The lowest BCUT2D eigenvalue weighted by molar-refractivity contribution is -0.149. The number of hydrogen-bond donors (Lipinski definition) is 0. The lowest BCUT2D eigenvalue weighted by atomic mass is 9.98. The SMILES string of the molecule is CCCCCCCCCCOC(=O)C(CCCCCC)CCOCCOCCOCCOCCCC. The molecule has 1 atom stereocenters. The van der Waals surface area contributed by atoms with E-state index in [1.54, 1.807) is 0 Å². The molecule has 0 aromatic rings. The summed E-state index contributed by atoms with van der Waals surface area (Å²) in [6, 6.07) is 0. The minimum atomic E-state index is -0.0511. The summed E-state index contributed by atoms with van der Waals surface area (Å²) in [6.45, 7) is 12.0. The van der Waals surface area contributed by atoms with Crippen molar-refractivity contribution in [3.05, 3.63) is 0 Å². The Morgan fingerprint density at radius 1 is 0.444 bits per heavy atom.